The minimum atomic E-state index is -0.998. The maximum atomic E-state index is 11.5. The van der Waals surface area contributed by atoms with Gasteiger partial charge in [0.05, 0.1) is 6.54 Å². The molecule has 0 aromatic carbocycles. The third kappa shape index (κ3) is 6.03. The van der Waals surface area contributed by atoms with E-state index in [4.69, 9.17) is 0 Å². The van der Waals surface area contributed by atoms with Crippen molar-refractivity contribution in [1.29, 1.82) is 0 Å². The van der Waals surface area contributed by atoms with Gasteiger partial charge in [-0.05, 0) is 36.2 Å². The third-order valence-electron chi connectivity index (χ3n) is 3.16. The SMILES string of the molecule is CCNC(=NCC(C)(O)c1ccsc1)NCCC(=O)N(C)C. The Balaban J connectivity index is 2.56. The molecule has 7 heteroatoms. The molecule has 1 unspecified atom stereocenters. The van der Waals surface area contributed by atoms with Crippen molar-refractivity contribution in [2.24, 2.45) is 4.99 Å². The van der Waals surface area contributed by atoms with Crippen molar-refractivity contribution >= 4 is 23.2 Å². The van der Waals surface area contributed by atoms with Gasteiger partial charge in [0.15, 0.2) is 5.96 Å². The zero-order valence-electron chi connectivity index (χ0n) is 13.7. The van der Waals surface area contributed by atoms with Gasteiger partial charge < -0.3 is 20.6 Å². The molecule has 1 aromatic heterocycles. The topological polar surface area (TPSA) is 77.0 Å². The van der Waals surface area contributed by atoms with Gasteiger partial charge in [-0.3, -0.25) is 4.79 Å². The number of rotatable bonds is 7. The maximum Gasteiger partial charge on any atom is 0.223 e. The first-order valence-electron chi connectivity index (χ1n) is 7.34. The highest BCUT2D eigenvalue weighted by molar-refractivity contribution is 7.08. The van der Waals surface area contributed by atoms with Gasteiger partial charge in [0.2, 0.25) is 5.91 Å². The van der Waals surface area contributed by atoms with Crippen LogP contribution in [-0.2, 0) is 10.4 Å². The van der Waals surface area contributed by atoms with Crippen molar-refractivity contribution in [3.63, 3.8) is 0 Å². The summed E-state index contributed by atoms with van der Waals surface area (Å²) in [6.45, 7) is 5.19. The lowest BCUT2D eigenvalue weighted by molar-refractivity contribution is -0.128. The molecule has 22 heavy (non-hydrogen) atoms. The van der Waals surface area contributed by atoms with E-state index < -0.39 is 5.60 Å². The normalized spacial score (nSPS) is 14.3. The fourth-order valence-electron chi connectivity index (χ4n) is 1.75. The highest BCUT2D eigenvalue weighted by atomic mass is 32.1. The predicted molar refractivity (Wildman–Crippen MR) is 91.2 cm³/mol. The van der Waals surface area contributed by atoms with Crippen LogP contribution < -0.4 is 10.6 Å². The lowest BCUT2D eigenvalue weighted by atomic mass is 10.00. The van der Waals surface area contributed by atoms with Crippen LogP contribution in [0.1, 0.15) is 25.8 Å². The van der Waals surface area contributed by atoms with E-state index in [2.05, 4.69) is 15.6 Å². The van der Waals surface area contributed by atoms with Crippen LogP contribution in [0.3, 0.4) is 0 Å². The summed E-state index contributed by atoms with van der Waals surface area (Å²) in [6.07, 6.45) is 0.401. The van der Waals surface area contributed by atoms with E-state index in [0.717, 1.165) is 5.56 Å². The third-order valence-corrected chi connectivity index (χ3v) is 3.85. The van der Waals surface area contributed by atoms with Crippen LogP contribution in [0.25, 0.3) is 0 Å². The summed E-state index contributed by atoms with van der Waals surface area (Å²) < 4.78 is 0. The molecule has 0 aliphatic heterocycles. The predicted octanol–water partition coefficient (Wildman–Crippen LogP) is 0.989. The molecule has 1 atom stereocenters. The van der Waals surface area contributed by atoms with Crippen LogP contribution in [-0.4, -0.2) is 55.6 Å². The van der Waals surface area contributed by atoms with E-state index in [1.54, 1.807) is 37.3 Å². The van der Waals surface area contributed by atoms with Crippen molar-refractivity contribution in [2.45, 2.75) is 25.9 Å². The van der Waals surface area contributed by atoms with Gasteiger partial charge in [-0.2, -0.15) is 11.3 Å². The molecule has 1 amide bonds. The van der Waals surface area contributed by atoms with E-state index in [0.29, 0.717) is 25.5 Å². The van der Waals surface area contributed by atoms with Crippen LogP contribution >= 0.6 is 11.3 Å². The molecular formula is C15H26N4O2S. The van der Waals surface area contributed by atoms with E-state index in [9.17, 15) is 9.90 Å². The summed E-state index contributed by atoms with van der Waals surface area (Å²) in [5, 5.41) is 20.5. The van der Waals surface area contributed by atoms with Gasteiger partial charge in [0.1, 0.15) is 5.60 Å². The molecule has 0 aliphatic carbocycles. The largest absolute Gasteiger partial charge is 0.383 e. The first-order valence-corrected chi connectivity index (χ1v) is 8.28. The average molecular weight is 326 g/mol. The number of aliphatic hydroxyl groups is 1. The first kappa shape index (κ1) is 18.4. The summed E-state index contributed by atoms with van der Waals surface area (Å²) in [6, 6.07) is 1.90. The quantitative estimate of drug-likeness (QED) is 0.516. The number of carbonyl (C=O) groups excluding carboxylic acids is 1. The van der Waals surface area contributed by atoms with Crippen molar-refractivity contribution < 1.29 is 9.90 Å². The molecule has 1 heterocycles. The Morgan fingerprint density at radius 1 is 1.45 bits per heavy atom. The van der Waals surface area contributed by atoms with Crippen LogP contribution in [0.2, 0.25) is 0 Å². The number of thiophene rings is 1. The highest BCUT2D eigenvalue weighted by Crippen LogP contribution is 2.23. The number of nitrogens with one attached hydrogen (secondary N) is 2. The Kier molecular flexibility index (Phi) is 7.34. The second kappa shape index (κ2) is 8.75. The molecule has 0 saturated carbocycles. The zero-order chi connectivity index (χ0) is 16.6. The Labute approximate surface area is 136 Å². The summed E-state index contributed by atoms with van der Waals surface area (Å²) in [5.41, 5.74) is -0.137. The Morgan fingerprint density at radius 3 is 2.73 bits per heavy atom. The number of guanidine groups is 1. The summed E-state index contributed by atoms with van der Waals surface area (Å²) in [5.74, 6) is 0.665. The fraction of sp³-hybridized carbons (Fsp3) is 0.600. The van der Waals surface area contributed by atoms with Crippen LogP contribution in [0.4, 0.5) is 0 Å². The Bertz CT molecular complexity index is 484. The van der Waals surface area contributed by atoms with Crippen LogP contribution in [0.5, 0.6) is 0 Å². The van der Waals surface area contributed by atoms with Gasteiger partial charge >= 0.3 is 0 Å². The molecule has 3 N–H and O–H groups in total. The van der Waals surface area contributed by atoms with E-state index in [1.165, 1.54) is 0 Å². The number of nitrogens with zero attached hydrogens (tertiary/aromatic N) is 2. The number of amides is 1. The maximum absolute atomic E-state index is 11.5. The van der Waals surface area contributed by atoms with Crippen molar-refractivity contribution in [1.82, 2.24) is 15.5 Å². The number of aliphatic imine (C=N–C) groups is 1. The first-order chi connectivity index (χ1) is 10.4. The number of hydrogen-bond acceptors (Lipinski definition) is 4. The van der Waals surface area contributed by atoms with Crippen molar-refractivity contribution in [2.75, 3.05) is 33.7 Å². The van der Waals surface area contributed by atoms with Gasteiger partial charge in [-0.15, -0.1) is 0 Å². The molecule has 0 saturated heterocycles. The lowest BCUT2D eigenvalue weighted by Gasteiger charge is -2.21. The minimum absolute atomic E-state index is 0.0635. The Hall–Kier alpha value is -1.60. The van der Waals surface area contributed by atoms with Crippen LogP contribution in [0, 0.1) is 0 Å². The van der Waals surface area contributed by atoms with Crippen molar-refractivity contribution in [3.05, 3.63) is 22.4 Å². The van der Waals surface area contributed by atoms with Gasteiger partial charge in [-0.1, -0.05) is 0 Å². The van der Waals surface area contributed by atoms with E-state index in [-0.39, 0.29) is 12.5 Å². The standard InChI is InChI=1S/C15H26N4O2S/c1-5-16-14(17-8-6-13(20)19(3)4)18-11-15(2,21)12-7-9-22-10-12/h7,9-10,21H,5-6,8,11H2,1-4H3,(H2,16,17,18). The molecule has 6 nitrogen and oxygen atoms in total. The monoisotopic (exact) mass is 326 g/mol. The second-order valence-electron chi connectivity index (χ2n) is 5.45. The summed E-state index contributed by atoms with van der Waals surface area (Å²) in [4.78, 5) is 17.5. The molecule has 0 radical (unpaired) electrons. The molecule has 0 fully saturated rings. The van der Waals surface area contributed by atoms with E-state index in [1.807, 2.05) is 23.8 Å². The molecule has 0 bridgehead atoms. The fourth-order valence-corrected chi connectivity index (χ4v) is 2.53. The molecule has 0 aliphatic rings. The number of hydrogen-bond donors (Lipinski definition) is 3. The van der Waals surface area contributed by atoms with Gasteiger partial charge in [0.25, 0.3) is 0 Å². The zero-order valence-corrected chi connectivity index (χ0v) is 14.5. The van der Waals surface area contributed by atoms with Gasteiger partial charge in [-0.25, -0.2) is 4.99 Å². The Morgan fingerprint density at radius 2 is 2.18 bits per heavy atom. The number of carbonyl (C=O) groups is 1. The second-order valence-corrected chi connectivity index (χ2v) is 6.23. The van der Waals surface area contributed by atoms with Gasteiger partial charge in [0, 0.05) is 33.6 Å². The summed E-state index contributed by atoms with van der Waals surface area (Å²) >= 11 is 1.55. The average Bonchev–Trinajstić information content (AvgIpc) is 2.99. The molecule has 124 valence electrons. The highest BCUT2D eigenvalue weighted by Gasteiger charge is 2.23. The molecular weight excluding hydrogens is 300 g/mol. The smallest absolute Gasteiger partial charge is 0.223 e. The van der Waals surface area contributed by atoms with Crippen molar-refractivity contribution in [3.8, 4) is 0 Å². The molecule has 1 rings (SSSR count). The lowest BCUT2D eigenvalue weighted by Crippen LogP contribution is -2.40. The molecule has 1 aromatic rings. The van der Waals surface area contributed by atoms with E-state index >= 15 is 0 Å². The summed E-state index contributed by atoms with van der Waals surface area (Å²) in [7, 11) is 3.47. The molecule has 0 spiro atoms. The van der Waals surface area contributed by atoms with Crippen LogP contribution in [0.15, 0.2) is 21.8 Å². The minimum Gasteiger partial charge on any atom is -0.383 e.